The molecule has 0 saturated heterocycles. The highest BCUT2D eigenvalue weighted by atomic mass is 16.4. The highest BCUT2D eigenvalue weighted by Crippen LogP contribution is 2.27. The average Bonchev–Trinajstić information content (AvgIpc) is 2.38. The van der Waals surface area contributed by atoms with Gasteiger partial charge in [-0.1, -0.05) is 57.2 Å². The molecule has 0 bridgehead atoms. The first-order valence-electron chi connectivity index (χ1n) is 6.74. The van der Waals surface area contributed by atoms with Gasteiger partial charge in [0.1, 0.15) is 0 Å². The first-order valence-corrected chi connectivity index (χ1v) is 6.74. The summed E-state index contributed by atoms with van der Waals surface area (Å²) in [6, 6.07) is 13.9. The SMILES string of the molecule is Cc1ccc(-c2ccc(C(C)(C)C)cc2)cc1C(=O)O. The molecule has 0 saturated carbocycles. The molecule has 0 amide bonds. The first kappa shape index (κ1) is 14.3. The summed E-state index contributed by atoms with van der Waals surface area (Å²) in [5.74, 6) is -0.879. The Morgan fingerprint density at radius 2 is 1.50 bits per heavy atom. The van der Waals surface area contributed by atoms with Crippen LogP contribution in [0.4, 0.5) is 0 Å². The molecule has 0 aliphatic carbocycles. The van der Waals surface area contributed by atoms with E-state index in [1.165, 1.54) is 5.56 Å². The van der Waals surface area contributed by atoms with Crippen LogP contribution in [-0.4, -0.2) is 11.1 Å². The lowest BCUT2D eigenvalue weighted by molar-refractivity contribution is 0.0696. The second kappa shape index (κ2) is 5.12. The zero-order valence-electron chi connectivity index (χ0n) is 12.4. The van der Waals surface area contributed by atoms with Gasteiger partial charge >= 0.3 is 5.97 Å². The number of carboxylic acids is 1. The van der Waals surface area contributed by atoms with Gasteiger partial charge in [0.05, 0.1) is 5.56 Å². The van der Waals surface area contributed by atoms with Gasteiger partial charge in [-0.25, -0.2) is 4.79 Å². The van der Waals surface area contributed by atoms with Gasteiger partial charge in [-0.05, 0) is 40.7 Å². The molecule has 0 aliphatic heterocycles. The Hall–Kier alpha value is -2.09. The zero-order chi connectivity index (χ0) is 14.9. The molecule has 104 valence electrons. The average molecular weight is 268 g/mol. The van der Waals surface area contributed by atoms with Crippen LogP contribution in [0.2, 0.25) is 0 Å². The van der Waals surface area contributed by atoms with E-state index in [2.05, 4.69) is 45.0 Å². The standard InChI is InChI=1S/C18H20O2/c1-12-5-6-14(11-16(12)17(19)20)13-7-9-15(10-8-13)18(2,3)4/h5-11H,1-4H3,(H,19,20). The van der Waals surface area contributed by atoms with Crippen LogP contribution in [0.1, 0.15) is 42.3 Å². The molecule has 20 heavy (non-hydrogen) atoms. The van der Waals surface area contributed by atoms with E-state index in [0.717, 1.165) is 16.7 Å². The lowest BCUT2D eigenvalue weighted by Crippen LogP contribution is -2.10. The van der Waals surface area contributed by atoms with E-state index in [0.29, 0.717) is 5.56 Å². The zero-order valence-corrected chi connectivity index (χ0v) is 12.4. The molecule has 0 radical (unpaired) electrons. The van der Waals surface area contributed by atoms with Crippen molar-refractivity contribution in [3.63, 3.8) is 0 Å². The second-order valence-electron chi connectivity index (χ2n) is 6.16. The molecule has 2 heteroatoms. The smallest absolute Gasteiger partial charge is 0.335 e. The van der Waals surface area contributed by atoms with Crippen molar-refractivity contribution in [1.29, 1.82) is 0 Å². The van der Waals surface area contributed by atoms with Gasteiger partial charge in [0.2, 0.25) is 0 Å². The van der Waals surface area contributed by atoms with Crippen molar-refractivity contribution < 1.29 is 9.90 Å². The Kier molecular flexibility index (Phi) is 3.67. The number of rotatable bonds is 2. The molecule has 0 aromatic heterocycles. The fourth-order valence-corrected chi connectivity index (χ4v) is 2.19. The molecule has 2 rings (SSSR count). The largest absolute Gasteiger partial charge is 0.478 e. The number of carboxylic acid groups (broad SMARTS) is 1. The number of hydrogen-bond acceptors (Lipinski definition) is 1. The highest BCUT2D eigenvalue weighted by molar-refractivity contribution is 5.91. The normalized spacial score (nSPS) is 11.4. The minimum absolute atomic E-state index is 0.123. The second-order valence-corrected chi connectivity index (χ2v) is 6.16. The Labute approximate surface area is 120 Å². The maximum absolute atomic E-state index is 11.2. The number of aromatic carboxylic acids is 1. The molecule has 0 aliphatic rings. The Morgan fingerprint density at radius 3 is 2.00 bits per heavy atom. The summed E-state index contributed by atoms with van der Waals surface area (Å²) >= 11 is 0. The molecule has 2 aromatic carbocycles. The fraction of sp³-hybridized carbons (Fsp3) is 0.278. The number of carbonyl (C=O) groups is 1. The van der Waals surface area contributed by atoms with Gasteiger partial charge in [-0.2, -0.15) is 0 Å². The van der Waals surface area contributed by atoms with Crippen molar-refractivity contribution in [3.8, 4) is 11.1 Å². The maximum atomic E-state index is 11.2. The first-order chi connectivity index (χ1) is 9.29. The minimum atomic E-state index is -0.879. The molecule has 0 spiro atoms. The van der Waals surface area contributed by atoms with Crippen LogP contribution in [0, 0.1) is 6.92 Å². The third-order valence-electron chi connectivity index (χ3n) is 3.55. The highest BCUT2D eigenvalue weighted by Gasteiger charge is 2.13. The van der Waals surface area contributed by atoms with Crippen LogP contribution in [0.15, 0.2) is 42.5 Å². The van der Waals surface area contributed by atoms with Crippen molar-refractivity contribution in [2.24, 2.45) is 0 Å². The summed E-state index contributed by atoms with van der Waals surface area (Å²) in [7, 11) is 0. The van der Waals surface area contributed by atoms with E-state index in [1.807, 2.05) is 19.1 Å². The van der Waals surface area contributed by atoms with Gasteiger partial charge in [-0.3, -0.25) is 0 Å². The summed E-state index contributed by atoms with van der Waals surface area (Å²) in [5.41, 5.74) is 4.52. The van der Waals surface area contributed by atoms with Gasteiger partial charge in [0.15, 0.2) is 0 Å². The topological polar surface area (TPSA) is 37.3 Å². The molecule has 0 fully saturated rings. The van der Waals surface area contributed by atoms with Gasteiger partial charge < -0.3 is 5.11 Å². The summed E-state index contributed by atoms with van der Waals surface area (Å²) in [6.07, 6.45) is 0. The van der Waals surface area contributed by atoms with Crippen molar-refractivity contribution >= 4 is 5.97 Å². The maximum Gasteiger partial charge on any atom is 0.335 e. The van der Waals surface area contributed by atoms with E-state index in [4.69, 9.17) is 0 Å². The minimum Gasteiger partial charge on any atom is -0.478 e. The Balaban J connectivity index is 2.42. The number of benzene rings is 2. The lowest BCUT2D eigenvalue weighted by atomic mass is 9.86. The molecular formula is C18H20O2. The van der Waals surface area contributed by atoms with E-state index >= 15 is 0 Å². The van der Waals surface area contributed by atoms with Gasteiger partial charge in [0.25, 0.3) is 0 Å². The van der Waals surface area contributed by atoms with Gasteiger partial charge in [-0.15, -0.1) is 0 Å². The van der Waals surface area contributed by atoms with E-state index < -0.39 is 5.97 Å². The third kappa shape index (κ3) is 2.90. The van der Waals surface area contributed by atoms with Crippen LogP contribution in [0.3, 0.4) is 0 Å². The molecule has 0 atom stereocenters. The summed E-state index contributed by atoms with van der Waals surface area (Å²) in [4.78, 5) is 11.2. The summed E-state index contributed by atoms with van der Waals surface area (Å²) in [6.45, 7) is 8.35. The van der Waals surface area contributed by atoms with E-state index in [1.54, 1.807) is 6.07 Å². The van der Waals surface area contributed by atoms with Crippen molar-refractivity contribution in [3.05, 3.63) is 59.2 Å². The number of aryl methyl sites for hydroxylation is 1. The third-order valence-corrected chi connectivity index (χ3v) is 3.55. The van der Waals surface area contributed by atoms with E-state index in [-0.39, 0.29) is 5.41 Å². The predicted molar refractivity (Wildman–Crippen MR) is 82.3 cm³/mol. The molecule has 0 unspecified atom stereocenters. The Bertz CT molecular complexity index is 631. The predicted octanol–water partition coefficient (Wildman–Crippen LogP) is 4.66. The van der Waals surface area contributed by atoms with Crippen molar-refractivity contribution in [1.82, 2.24) is 0 Å². The Morgan fingerprint density at radius 1 is 0.950 bits per heavy atom. The van der Waals surface area contributed by atoms with Crippen LogP contribution in [0.25, 0.3) is 11.1 Å². The number of hydrogen-bond donors (Lipinski definition) is 1. The molecule has 0 heterocycles. The molecule has 2 nitrogen and oxygen atoms in total. The molecule has 1 N–H and O–H groups in total. The van der Waals surface area contributed by atoms with Crippen LogP contribution in [0.5, 0.6) is 0 Å². The van der Waals surface area contributed by atoms with E-state index in [9.17, 15) is 9.90 Å². The van der Waals surface area contributed by atoms with Crippen molar-refractivity contribution in [2.45, 2.75) is 33.1 Å². The quantitative estimate of drug-likeness (QED) is 0.860. The van der Waals surface area contributed by atoms with Crippen LogP contribution < -0.4 is 0 Å². The summed E-state index contributed by atoms with van der Waals surface area (Å²) < 4.78 is 0. The molecular weight excluding hydrogens is 248 g/mol. The van der Waals surface area contributed by atoms with Gasteiger partial charge in [0, 0.05) is 0 Å². The lowest BCUT2D eigenvalue weighted by Gasteiger charge is -2.19. The fourth-order valence-electron chi connectivity index (χ4n) is 2.19. The van der Waals surface area contributed by atoms with Crippen molar-refractivity contribution in [2.75, 3.05) is 0 Å². The monoisotopic (exact) mass is 268 g/mol. The summed E-state index contributed by atoms with van der Waals surface area (Å²) in [5, 5.41) is 9.19. The molecule has 2 aromatic rings. The van der Waals surface area contributed by atoms with Crippen LogP contribution in [-0.2, 0) is 5.41 Å². The van der Waals surface area contributed by atoms with Crippen LogP contribution >= 0.6 is 0 Å².